The first-order chi connectivity index (χ1) is 12.4. The molecule has 6 nitrogen and oxygen atoms in total. The van der Waals surface area contributed by atoms with Gasteiger partial charge in [0, 0.05) is 20.7 Å². The minimum atomic E-state index is -0.562. The Morgan fingerprint density at radius 1 is 1.42 bits per heavy atom. The number of carbonyl (C=O) groups is 2. The van der Waals surface area contributed by atoms with Crippen LogP contribution >= 0.6 is 22.6 Å². The topological polar surface area (TPSA) is 100 Å². The number of aryl methyl sites for hydroxylation is 1. The van der Waals surface area contributed by atoms with Crippen LogP contribution in [0.15, 0.2) is 18.2 Å². The molecular formula is C19H17IN4O2. The molecule has 2 heterocycles. The number of hydrogen-bond donors (Lipinski definition) is 1. The second-order valence-corrected chi connectivity index (χ2v) is 8.24. The smallest absolute Gasteiger partial charge is 0.249 e. The highest BCUT2D eigenvalue weighted by molar-refractivity contribution is 14.1. The molecule has 1 saturated carbocycles. The summed E-state index contributed by atoms with van der Waals surface area (Å²) >= 11 is 2.17. The molecule has 0 bridgehead atoms. The first-order valence-electron chi connectivity index (χ1n) is 8.50. The Bertz CT molecular complexity index is 997. The summed E-state index contributed by atoms with van der Waals surface area (Å²) in [5.41, 5.74) is 7.91. The molecule has 0 unspecified atom stereocenters. The number of hydrogen-bond acceptors (Lipinski definition) is 4. The van der Waals surface area contributed by atoms with Crippen molar-refractivity contribution in [3.8, 4) is 6.07 Å². The molecule has 2 N–H and O–H groups in total. The maximum atomic E-state index is 12.9. The van der Waals surface area contributed by atoms with E-state index in [9.17, 15) is 14.9 Å². The number of fused-ring (bicyclic) bond motifs is 2. The molecule has 1 aromatic carbocycles. The maximum absolute atomic E-state index is 12.9. The van der Waals surface area contributed by atoms with Crippen molar-refractivity contribution in [2.45, 2.75) is 38.3 Å². The summed E-state index contributed by atoms with van der Waals surface area (Å²) < 4.78 is 0.963. The fourth-order valence-electron chi connectivity index (χ4n) is 4.07. The van der Waals surface area contributed by atoms with Crippen LogP contribution in [-0.4, -0.2) is 33.8 Å². The van der Waals surface area contributed by atoms with Crippen LogP contribution in [0.5, 0.6) is 0 Å². The van der Waals surface area contributed by atoms with Gasteiger partial charge >= 0.3 is 0 Å². The van der Waals surface area contributed by atoms with Gasteiger partial charge in [-0.1, -0.05) is 0 Å². The summed E-state index contributed by atoms with van der Waals surface area (Å²) in [5.74, 6) is -0.233. The third-order valence-corrected chi connectivity index (χ3v) is 6.04. The van der Waals surface area contributed by atoms with Gasteiger partial charge in [0.15, 0.2) is 0 Å². The molecule has 2 aliphatic rings. The van der Waals surface area contributed by atoms with Crippen molar-refractivity contribution in [2.75, 3.05) is 0 Å². The van der Waals surface area contributed by atoms with E-state index in [4.69, 9.17) is 5.73 Å². The Morgan fingerprint density at radius 3 is 2.88 bits per heavy atom. The molecular weight excluding hydrogens is 443 g/mol. The lowest BCUT2D eigenvalue weighted by atomic mass is 9.97. The zero-order chi connectivity index (χ0) is 18.6. The van der Waals surface area contributed by atoms with Gasteiger partial charge in [-0.2, -0.15) is 5.26 Å². The zero-order valence-corrected chi connectivity index (χ0v) is 16.4. The Balaban J connectivity index is 1.77. The number of pyridine rings is 1. The van der Waals surface area contributed by atoms with E-state index in [1.54, 1.807) is 11.8 Å². The SMILES string of the molecule is Cc1nc2ccc(I)cc2c(C(N)=O)c1CC(=O)N1[C@H](C#N)C[C@@H]2C[C@@H]21. The van der Waals surface area contributed by atoms with Gasteiger partial charge < -0.3 is 10.6 Å². The van der Waals surface area contributed by atoms with E-state index in [1.807, 2.05) is 18.2 Å². The highest BCUT2D eigenvalue weighted by Crippen LogP contribution is 2.47. The normalized spacial score (nSPS) is 23.6. The van der Waals surface area contributed by atoms with Gasteiger partial charge in [-0.05, 0) is 72.0 Å². The molecule has 1 aliphatic heterocycles. The van der Waals surface area contributed by atoms with Gasteiger partial charge in [0.05, 0.1) is 23.6 Å². The van der Waals surface area contributed by atoms with Crippen LogP contribution in [0, 0.1) is 27.7 Å². The van der Waals surface area contributed by atoms with Crippen molar-refractivity contribution in [2.24, 2.45) is 11.7 Å². The predicted octanol–water partition coefficient (Wildman–Crippen LogP) is 2.30. The number of halogens is 1. The highest BCUT2D eigenvalue weighted by Gasteiger charge is 2.54. The lowest BCUT2D eigenvalue weighted by Gasteiger charge is -2.23. The molecule has 132 valence electrons. The first kappa shape index (κ1) is 17.2. The second kappa shape index (κ2) is 6.20. The minimum Gasteiger partial charge on any atom is -0.366 e. The molecule has 7 heteroatoms. The van der Waals surface area contributed by atoms with Crippen molar-refractivity contribution in [3.05, 3.63) is 38.6 Å². The van der Waals surface area contributed by atoms with Crippen LogP contribution in [0.2, 0.25) is 0 Å². The molecule has 2 amide bonds. The van der Waals surface area contributed by atoms with E-state index < -0.39 is 5.91 Å². The summed E-state index contributed by atoms with van der Waals surface area (Å²) in [7, 11) is 0. The van der Waals surface area contributed by atoms with Crippen molar-refractivity contribution in [3.63, 3.8) is 0 Å². The van der Waals surface area contributed by atoms with E-state index in [2.05, 4.69) is 33.6 Å². The van der Waals surface area contributed by atoms with Crippen LogP contribution < -0.4 is 5.73 Å². The first-order valence-corrected chi connectivity index (χ1v) is 9.58. The van der Waals surface area contributed by atoms with Gasteiger partial charge in [0.25, 0.3) is 0 Å². The van der Waals surface area contributed by atoms with Crippen molar-refractivity contribution in [1.29, 1.82) is 5.26 Å². The quantitative estimate of drug-likeness (QED) is 0.711. The third-order valence-electron chi connectivity index (χ3n) is 5.37. The molecule has 4 rings (SSSR count). The Kier molecular flexibility index (Phi) is 4.10. The molecule has 2 aromatic rings. The lowest BCUT2D eigenvalue weighted by molar-refractivity contribution is -0.131. The molecule has 1 aromatic heterocycles. The number of nitrogens with zero attached hydrogens (tertiary/aromatic N) is 3. The van der Waals surface area contributed by atoms with Crippen LogP contribution in [0.1, 0.15) is 34.5 Å². The van der Waals surface area contributed by atoms with Crippen LogP contribution in [0.4, 0.5) is 0 Å². The summed E-state index contributed by atoms with van der Waals surface area (Å²) in [6.45, 7) is 1.79. The number of amides is 2. The fourth-order valence-corrected chi connectivity index (χ4v) is 4.56. The van der Waals surface area contributed by atoms with Gasteiger partial charge in [0.2, 0.25) is 11.8 Å². The van der Waals surface area contributed by atoms with E-state index >= 15 is 0 Å². The van der Waals surface area contributed by atoms with Gasteiger partial charge in [0.1, 0.15) is 6.04 Å². The zero-order valence-electron chi connectivity index (χ0n) is 14.2. The average Bonchev–Trinajstić information content (AvgIpc) is 3.25. The largest absolute Gasteiger partial charge is 0.366 e. The monoisotopic (exact) mass is 460 g/mol. The van der Waals surface area contributed by atoms with Crippen LogP contribution in [0.3, 0.4) is 0 Å². The number of benzene rings is 1. The lowest BCUT2D eigenvalue weighted by Crippen LogP contribution is -2.39. The highest BCUT2D eigenvalue weighted by atomic mass is 127. The van der Waals surface area contributed by atoms with Gasteiger partial charge in [-0.3, -0.25) is 14.6 Å². The molecule has 2 fully saturated rings. The van der Waals surface area contributed by atoms with Gasteiger partial charge in [-0.25, -0.2) is 0 Å². The summed E-state index contributed by atoms with van der Waals surface area (Å²) in [6.07, 6.45) is 1.77. The summed E-state index contributed by atoms with van der Waals surface area (Å²) in [5, 5.41) is 9.99. The second-order valence-electron chi connectivity index (χ2n) is 7.00. The average molecular weight is 460 g/mol. The van der Waals surface area contributed by atoms with Crippen molar-refractivity contribution >= 4 is 45.3 Å². The Morgan fingerprint density at radius 2 is 2.19 bits per heavy atom. The number of nitriles is 1. The van der Waals surface area contributed by atoms with E-state index in [0.717, 1.165) is 16.4 Å². The number of nitrogens with two attached hydrogens (primary N) is 1. The van der Waals surface area contributed by atoms with Crippen LogP contribution in [-0.2, 0) is 11.2 Å². The number of carbonyl (C=O) groups excluding carboxylic acids is 2. The molecule has 1 saturated heterocycles. The molecule has 0 spiro atoms. The van der Waals surface area contributed by atoms with E-state index in [0.29, 0.717) is 33.6 Å². The molecule has 3 atom stereocenters. The summed E-state index contributed by atoms with van der Waals surface area (Å²) in [6, 6.07) is 7.67. The standard InChI is InChI=1S/C19H17IN4O2/c1-9-13(7-17(25)24-12(8-21)4-10-5-16(10)24)18(19(22)26)14-6-11(20)2-3-15(14)23-9/h2-3,6,10,12,16H,4-5,7H2,1H3,(H2,22,26)/t10-,12+,16+/m1/s1. The molecule has 26 heavy (non-hydrogen) atoms. The van der Waals surface area contributed by atoms with Crippen molar-refractivity contribution < 1.29 is 9.59 Å². The minimum absolute atomic E-state index is 0.0416. The predicted molar refractivity (Wildman–Crippen MR) is 104 cm³/mol. The Hall–Kier alpha value is -2.21. The number of likely N-dealkylation sites (tertiary alicyclic amines) is 1. The molecule has 0 radical (unpaired) electrons. The summed E-state index contributed by atoms with van der Waals surface area (Å²) in [4.78, 5) is 31.4. The fraction of sp³-hybridized carbons (Fsp3) is 0.368. The maximum Gasteiger partial charge on any atom is 0.249 e. The third kappa shape index (κ3) is 2.72. The number of piperidine rings is 1. The van der Waals surface area contributed by atoms with Crippen LogP contribution in [0.25, 0.3) is 10.9 Å². The Labute approximate surface area is 164 Å². The number of aromatic nitrogens is 1. The number of primary amides is 1. The van der Waals surface area contributed by atoms with E-state index in [-0.39, 0.29) is 24.4 Å². The van der Waals surface area contributed by atoms with E-state index in [1.165, 1.54) is 0 Å². The molecule has 1 aliphatic carbocycles. The van der Waals surface area contributed by atoms with Gasteiger partial charge in [-0.15, -0.1) is 0 Å². The number of rotatable bonds is 3. The van der Waals surface area contributed by atoms with Crippen molar-refractivity contribution in [1.82, 2.24) is 9.88 Å².